The maximum absolute atomic E-state index is 13.8. The quantitative estimate of drug-likeness (QED) is 0.601. The summed E-state index contributed by atoms with van der Waals surface area (Å²) in [6.45, 7) is 4.38. The van der Waals surface area contributed by atoms with E-state index in [1.165, 1.54) is 12.1 Å². The molecule has 2 aromatic carbocycles. The molecule has 2 aliphatic heterocycles. The molecule has 1 saturated heterocycles. The van der Waals surface area contributed by atoms with Crippen molar-refractivity contribution >= 4 is 29.0 Å². The van der Waals surface area contributed by atoms with Crippen LogP contribution < -0.4 is 15.0 Å². The largest absolute Gasteiger partial charge is 0.495 e. The molecule has 0 saturated carbocycles. The van der Waals surface area contributed by atoms with Gasteiger partial charge >= 0.3 is 0 Å². The highest BCUT2D eigenvalue weighted by Gasteiger charge is 2.36. The van der Waals surface area contributed by atoms with E-state index in [9.17, 15) is 9.18 Å². The first-order valence-corrected chi connectivity index (χ1v) is 11.5. The number of anilines is 2. The summed E-state index contributed by atoms with van der Waals surface area (Å²) in [5.74, 6) is 1.09. The summed E-state index contributed by atoms with van der Waals surface area (Å²) in [6, 6.07) is 13.5. The van der Waals surface area contributed by atoms with Crippen molar-refractivity contribution in [3.8, 4) is 5.75 Å². The zero-order valence-corrected chi connectivity index (χ0v) is 19.7. The average Bonchev–Trinajstić information content (AvgIpc) is 3.31. The zero-order valence-electron chi connectivity index (χ0n) is 19.0. The van der Waals surface area contributed by atoms with Crippen molar-refractivity contribution in [2.45, 2.75) is 13.0 Å². The summed E-state index contributed by atoms with van der Waals surface area (Å²) in [7, 11) is 1.57. The number of carbonyl (C=O) groups excluding carboxylic acids is 1. The molecular weight excluding hydrogens is 457 g/mol. The lowest BCUT2D eigenvalue weighted by molar-refractivity contribution is -0.128. The molecule has 1 N–H and O–H groups in total. The summed E-state index contributed by atoms with van der Waals surface area (Å²) in [4.78, 5) is 17.9. The van der Waals surface area contributed by atoms with E-state index in [-0.39, 0.29) is 11.7 Å². The Bertz CT molecular complexity index is 1250. The molecule has 0 radical (unpaired) electrons. The Balaban J connectivity index is 1.42. The number of carbonyl (C=O) groups is 1. The third kappa shape index (κ3) is 3.98. The van der Waals surface area contributed by atoms with Crippen molar-refractivity contribution < 1.29 is 13.9 Å². The van der Waals surface area contributed by atoms with Gasteiger partial charge in [-0.25, -0.2) is 9.07 Å². The fourth-order valence-electron chi connectivity index (χ4n) is 4.63. The summed E-state index contributed by atoms with van der Waals surface area (Å²) in [5.41, 5.74) is 3.23. The van der Waals surface area contributed by atoms with Gasteiger partial charge in [-0.2, -0.15) is 5.10 Å². The van der Waals surface area contributed by atoms with E-state index < -0.39 is 6.04 Å². The van der Waals surface area contributed by atoms with E-state index in [0.29, 0.717) is 42.5 Å². The van der Waals surface area contributed by atoms with E-state index in [4.69, 9.17) is 16.3 Å². The second-order valence-electron chi connectivity index (χ2n) is 8.38. The van der Waals surface area contributed by atoms with Gasteiger partial charge in [0.1, 0.15) is 23.4 Å². The Hall–Kier alpha value is -3.52. The second kappa shape index (κ2) is 9.02. The molecule has 7 nitrogen and oxygen atoms in total. The Morgan fingerprint density at radius 2 is 1.85 bits per heavy atom. The molecule has 0 spiro atoms. The zero-order chi connectivity index (χ0) is 23.8. The minimum absolute atomic E-state index is 0.0400. The number of allylic oxidation sites excluding steroid dienone is 1. The van der Waals surface area contributed by atoms with Crippen LogP contribution in [0.15, 0.2) is 66.0 Å². The van der Waals surface area contributed by atoms with Crippen molar-refractivity contribution in [3.63, 3.8) is 0 Å². The molecule has 1 unspecified atom stereocenters. The Kier molecular flexibility index (Phi) is 5.91. The maximum atomic E-state index is 13.8. The van der Waals surface area contributed by atoms with Crippen molar-refractivity contribution in [2.75, 3.05) is 43.5 Å². The molecule has 34 heavy (non-hydrogen) atoms. The topological polar surface area (TPSA) is 62.6 Å². The highest BCUT2D eigenvalue weighted by atomic mass is 35.5. The summed E-state index contributed by atoms with van der Waals surface area (Å²) in [6.07, 6.45) is 1.71. The standard InChI is InChI=1S/C25H25ClFN5O2/c1-16-23(25(33)31-13-11-30(12-14-31)19-6-4-18(27)5-7-19)24(32-22(29-16)9-10-28-32)17-3-8-21(34-2)20(26)15-17/h3-10,15,24,29H,11-14H2,1-2H3. The lowest BCUT2D eigenvalue weighted by Crippen LogP contribution is -2.50. The number of nitrogens with zero attached hydrogens (tertiary/aromatic N) is 4. The van der Waals surface area contributed by atoms with Gasteiger partial charge in [0, 0.05) is 43.6 Å². The molecule has 1 amide bonds. The van der Waals surface area contributed by atoms with Crippen LogP contribution in [0.4, 0.5) is 15.9 Å². The maximum Gasteiger partial charge on any atom is 0.254 e. The highest BCUT2D eigenvalue weighted by Crippen LogP contribution is 2.39. The molecular formula is C25H25ClFN5O2. The van der Waals surface area contributed by atoms with Gasteiger partial charge < -0.3 is 19.9 Å². The highest BCUT2D eigenvalue weighted by molar-refractivity contribution is 6.32. The molecule has 0 bridgehead atoms. The number of benzene rings is 2. The molecule has 3 aromatic rings. The third-order valence-electron chi connectivity index (χ3n) is 6.39. The number of rotatable bonds is 4. The molecule has 9 heteroatoms. The van der Waals surface area contributed by atoms with Crippen LogP contribution in [0.2, 0.25) is 5.02 Å². The van der Waals surface area contributed by atoms with Crippen molar-refractivity contribution in [1.82, 2.24) is 14.7 Å². The average molecular weight is 482 g/mol. The number of halogens is 2. The van der Waals surface area contributed by atoms with Gasteiger partial charge in [0.15, 0.2) is 0 Å². The number of fused-ring (bicyclic) bond motifs is 1. The molecule has 1 fully saturated rings. The van der Waals surface area contributed by atoms with E-state index >= 15 is 0 Å². The lowest BCUT2D eigenvalue weighted by atomic mass is 9.94. The minimum atomic E-state index is -0.419. The van der Waals surface area contributed by atoms with Gasteiger partial charge in [0.05, 0.1) is 23.9 Å². The van der Waals surface area contributed by atoms with Crippen LogP contribution in [0, 0.1) is 5.82 Å². The van der Waals surface area contributed by atoms with Crippen molar-refractivity contribution in [3.05, 3.63) is 82.4 Å². The van der Waals surface area contributed by atoms with Crippen molar-refractivity contribution in [2.24, 2.45) is 0 Å². The van der Waals surface area contributed by atoms with Gasteiger partial charge in [-0.15, -0.1) is 0 Å². The van der Waals surface area contributed by atoms with Gasteiger partial charge in [-0.3, -0.25) is 4.79 Å². The number of aromatic nitrogens is 2. The molecule has 1 aromatic heterocycles. The Labute approximate surface area is 202 Å². The molecule has 5 rings (SSSR count). The Morgan fingerprint density at radius 3 is 2.53 bits per heavy atom. The normalized spacial score (nSPS) is 17.9. The number of piperazine rings is 1. The number of ether oxygens (including phenoxy) is 1. The monoisotopic (exact) mass is 481 g/mol. The van der Waals surface area contributed by atoms with Crippen LogP contribution in [0.5, 0.6) is 5.75 Å². The van der Waals surface area contributed by atoms with Crippen LogP contribution in [0.1, 0.15) is 18.5 Å². The lowest BCUT2D eigenvalue weighted by Gasteiger charge is -2.38. The predicted molar refractivity (Wildman–Crippen MR) is 130 cm³/mol. The first-order chi connectivity index (χ1) is 16.5. The third-order valence-corrected chi connectivity index (χ3v) is 6.68. The first-order valence-electron chi connectivity index (χ1n) is 11.1. The first kappa shape index (κ1) is 22.3. The van der Waals surface area contributed by atoms with Gasteiger partial charge in [-0.1, -0.05) is 17.7 Å². The molecule has 176 valence electrons. The smallest absolute Gasteiger partial charge is 0.254 e. The number of nitrogens with one attached hydrogen (secondary N) is 1. The van der Waals surface area contributed by atoms with Crippen LogP contribution in [-0.2, 0) is 4.79 Å². The predicted octanol–water partition coefficient (Wildman–Crippen LogP) is 4.32. The number of hydrogen-bond donors (Lipinski definition) is 1. The fraction of sp³-hybridized carbons (Fsp3) is 0.280. The molecule has 2 aliphatic rings. The Morgan fingerprint density at radius 1 is 1.12 bits per heavy atom. The molecule has 1 atom stereocenters. The van der Waals surface area contributed by atoms with Crippen LogP contribution in [-0.4, -0.2) is 53.9 Å². The second-order valence-corrected chi connectivity index (χ2v) is 8.78. The van der Waals surface area contributed by atoms with Crippen molar-refractivity contribution in [1.29, 1.82) is 0 Å². The number of methoxy groups -OCH3 is 1. The van der Waals surface area contributed by atoms with Crippen LogP contribution in [0.3, 0.4) is 0 Å². The van der Waals surface area contributed by atoms with Crippen LogP contribution in [0.25, 0.3) is 0 Å². The fourth-order valence-corrected chi connectivity index (χ4v) is 4.90. The minimum Gasteiger partial charge on any atom is -0.495 e. The summed E-state index contributed by atoms with van der Waals surface area (Å²) in [5, 5.41) is 8.29. The molecule has 3 heterocycles. The number of amides is 1. The summed E-state index contributed by atoms with van der Waals surface area (Å²) < 4.78 is 20.4. The SMILES string of the molecule is COc1ccc(C2C(C(=O)N3CCN(c4ccc(F)cc4)CC3)=C(C)Nc3ccnn32)cc1Cl. The van der Waals surface area contributed by atoms with Crippen LogP contribution >= 0.6 is 11.6 Å². The van der Waals surface area contributed by atoms with Gasteiger partial charge in [-0.05, 0) is 48.9 Å². The van der Waals surface area contributed by atoms with Gasteiger partial charge in [0.25, 0.3) is 5.91 Å². The van der Waals surface area contributed by atoms with E-state index in [1.807, 2.05) is 40.8 Å². The van der Waals surface area contributed by atoms with E-state index in [0.717, 1.165) is 22.8 Å². The van der Waals surface area contributed by atoms with E-state index in [2.05, 4.69) is 15.3 Å². The molecule has 0 aliphatic carbocycles. The van der Waals surface area contributed by atoms with Gasteiger partial charge in [0.2, 0.25) is 0 Å². The van der Waals surface area contributed by atoms with E-state index in [1.54, 1.807) is 25.4 Å². The number of hydrogen-bond acceptors (Lipinski definition) is 5. The summed E-state index contributed by atoms with van der Waals surface area (Å²) >= 11 is 6.44.